The van der Waals surface area contributed by atoms with Crippen LogP contribution in [0.25, 0.3) is 0 Å². The zero-order valence-electron chi connectivity index (χ0n) is 9.37. The number of likely N-dealkylation sites (tertiary alicyclic amines) is 1. The SMILES string of the molecule is CC(C)=CC(=O)N1CC(O)(C(C)C)C1. The molecular formula is C11H19NO2. The number of carbonyl (C=O) groups excluding carboxylic acids is 1. The van der Waals surface area contributed by atoms with Crippen LogP contribution in [-0.2, 0) is 4.79 Å². The monoisotopic (exact) mass is 197 g/mol. The highest BCUT2D eigenvalue weighted by molar-refractivity contribution is 5.89. The topological polar surface area (TPSA) is 40.5 Å². The van der Waals surface area contributed by atoms with Gasteiger partial charge in [0.2, 0.25) is 5.91 Å². The number of nitrogens with zero attached hydrogens (tertiary/aromatic N) is 1. The summed E-state index contributed by atoms with van der Waals surface area (Å²) < 4.78 is 0. The minimum absolute atomic E-state index is 0.00956. The third kappa shape index (κ3) is 2.15. The van der Waals surface area contributed by atoms with E-state index in [9.17, 15) is 9.90 Å². The fourth-order valence-electron chi connectivity index (χ4n) is 1.47. The van der Waals surface area contributed by atoms with Crippen LogP contribution >= 0.6 is 0 Å². The van der Waals surface area contributed by atoms with E-state index in [1.807, 2.05) is 27.7 Å². The van der Waals surface area contributed by atoms with Crippen LogP contribution in [0.3, 0.4) is 0 Å². The summed E-state index contributed by atoms with van der Waals surface area (Å²) in [6.07, 6.45) is 1.61. The second-order valence-corrected chi connectivity index (χ2v) is 4.67. The Balaban J connectivity index is 2.49. The molecule has 0 bridgehead atoms. The van der Waals surface area contributed by atoms with Crippen molar-refractivity contribution in [3.05, 3.63) is 11.6 Å². The summed E-state index contributed by atoms with van der Waals surface area (Å²) in [6, 6.07) is 0. The first-order valence-electron chi connectivity index (χ1n) is 5.01. The van der Waals surface area contributed by atoms with Gasteiger partial charge in [0.15, 0.2) is 0 Å². The number of β-amino-alcohol motifs (C(OH)–C–C–N with tert-alkyl or cyclic N) is 1. The molecule has 1 rings (SSSR count). The molecule has 0 aliphatic carbocycles. The summed E-state index contributed by atoms with van der Waals surface area (Å²) in [6.45, 7) is 8.67. The number of hydrogen-bond donors (Lipinski definition) is 1. The van der Waals surface area contributed by atoms with E-state index in [1.54, 1.807) is 11.0 Å². The number of allylic oxidation sites excluding steroid dienone is 1. The third-order valence-corrected chi connectivity index (χ3v) is 2.73. The van der Waals surface area contributed by atoms with Crippen molar-refractivity contribution in [3.63, 3.8) is 0 Å². The molecule has 1 aliphatic heterocycles. The van der Waals surface area contributed by atoms with Crippen molar-refractivity contribution in [2.45, 2.75) is 33.3 Å². The molecule has 14 heavy (non-hydrogen) atoms. The fourth-order valence-corrected chi connectivity index (χ4v) is 1.47. The Kier molecular flexibility index (Phi) is 3.00. The van der Waals surface area contributed by atoms with Gasteiger partial charge in [0.25, 0.3) is 0 Å². The zero-order chi connectivity index (χ0) is 10.9. The van der Waals surface area contributed by atoms with Gasteiger partial charge < -0.3 is 10.0 Å². The summed E-state index contributed by atoms with van der Waals surface area (Å²) in [5.41, 5.74) is 0.334. The molecule has 0 spiro atoms. The standard InChI is InChI=1S/C11H19NO2/c1-8(2)5-10(13)12-6-11(14,7-12)9(3)4/h5,9,14H,6-7H2,1-4H3. The molecule has 1 amide bonds. The van der Waals surface area contributed by atoms with Crippen LogP contribution in [0.4, 0.5) is 0 Å². The normalized spacial score (nSPS) is 19.1. The van der Waals surface area contributed by atoms with E-state index in [0.717, 1.165) is 5.57 Å². The average molecular weight is 197 g/mol. The van der Waals surface area contributed by atoms with E-state index in [0.29, 0.717) is 13.1 Å². The van der Waals surface area contributed by atoms with Crippen LogP contribution in [-0.4, -0.2) is 34.6 Å². The Bertz CT molecular complexity index is 258. The van der Waals surface area contributed by atoms with Crippen molar-refractivity contribution in [1.29, 1.82) is 0 Å². The Labute approximate surface area is 85.4 Å². The van der Waals surface area contributed by atoms with Gasteiger partial charge in [-0.15, -0.1) is 0 Å². The molecule has 0 radical (unpaired) electrons. The molecular weight excluding hydrogens is 178 g/mol. The minimum atomic E-state index is -0.662. The van der Waals surface area contributed by atoms with Crippen molar-refractivity contribution < 1.29 is 9.90 Å². The summed E-state index contributed by atoms with van der Waals surface area (Å²) in [4.78, 5) is 13.2. The van der Waals surface area contributed by atoms with Crippen LogP contribution in [0, 0.1) is 5.92 Å². The highest BCUT2D eigenvalue weighted by Gasteiger charge is 2.45. The van der Waals surface area contributed by atoms with E-state index in [4.69, 9.17) is 0 Å². The van der Waals surface area contributed by atoms with Gasteiger partial charge in [-0.3, -0.25) is 4.79 Å². The van der Waals surface area contributed by atoms with Crippen molar-refractivity contribution in [2.75, 3.05) is 13.1 Å². The quantitative estimate of drug-likeness (QED) is 0.675. The molecule has 0 atom stereocenters. The van der Waals surface area contributed by atoms with Crippen molar-refractivity contribution in [1.82, 2.24) is 4.90 Å². The highest BCUT2D eigenvalue weighted by atomic mass is 16.3. The zero-order valence-corrected chi connectivity index (χ0v) is 9.37. The maximum absolute atomic E-state index is 11.5. The summed E-state index contributed by atoms with van der Waals surface area (Å²) in [5, 5.41) is 9.93. The molecule has 0 aromatic carbocycles. The molecule has 0 aromatic rings. The van der Waals surface area contributed by atoms with E-state index in [-0.39, 0.29) is 11.8 Å². The van der Waals surface area contributed by atoms with Crippen LogP contribution in [0.2, 0.25) is 0 Å². The molecule has 1 saturated heterocycles. The Hall–Kier alpha value is -0.830. The van der Waals surface area contributed by atoms with Crippen LogP contribution in [0.15, 0.2) is 11.6 Å². The Morgan fingerprint density at radius 3 is 2.29 bits per heavy atom. The molecule has 1 N–H and O–H groups in total. The fraction of sp³-hybridized carbons (Fsp3) is 0.727. The van der Waals surface area contributed by atoms with Gasteiger partial charge in [-0.25, -0.2) is 0 Å². The van der Waals surface area contributed by atoms with Gasteiger partial charge in [0.05, 0.1) is 13.1 Å². The van der Waals surface area contributed by atoms with E-state index in [1.165, 1.54) is 0 Å². The molecule has 3 nitrogen and oxygen atoms in total. The lowest BCUT2D eigenvalue weighted by atomic mass is 9.83. The predicted molar refractivity (Wildman–Crippen MR) is 55.8 cm³/mol. The predicted octanol–water partition coefficient (Wildman–Crippen LogP) is 1.18. The third-order valence-electron chi connectivity index (χ3n) is 2.73. The molecule has 0 unspecified atom stereocenters. The first kappa shape index (κ1) is 11.2. The Morgan fingerprint density at radius 2 is 1.93 bits per heavy atom. The molecule has 0 aromatic heterocycles. The molecule has 3 heteroatoms. The first-order chi connectivity index (χ1) is 6.35. The van der Waals surface area contributed by atoms with Crippen LogP contribution < -0.4 is 0 Å². The number of carbonyl (C=O) groups is 1. The van der Waals surface area contributed by atoms with E-state index < -0.39 is 5.60 Å². The van der Waals surface area contributed by atoms with Crippen LogP contribution in [0.1, 0.15) is 27.7 Å². The summed E-state index contributed by atoms with van der Waals surface area (Å²) in [5.74, 6) is 0.216. The average Bonchev–Trinajstić information content (AvgIpc) is 1.96. The lowest BCUT2D eigenvalue weighted by Crippen LogP contribution is -2.65. The molecule has 1 aliphatic rings. The minimum Gasteiger partial charge on any atom is -0.386 e. The lowest BCUT2D eigenvalue weighted by Gasteiger charge is -2.48. The summed E-state index contributed by atoms with van der Waals surface area (Å²) in [7, 11) is 0. The second kappa shape index (κ2) is 3.73. The van der Waals surface area contributed by atoms with Gasteiger partial charge in [-0.2, -0.15) is 0 Å². The van der Waals surface area contributed by atoms with Crippen molar-refractivity contribution >= 4 is 5.91 Å². The second-order valence-electron chi connectivity index (χ2n) is 4.67. The first-order valence-corrected chi connectivity index (χ1v) is 5.01. The van der Waals surface area contributed by atoms with Crippen molar-refractivity contribution in [2.24, 2.45) is 5.92 Å². The maximum Gasteiger partial charge on any atom is 0.246 e. The maximum atomic E-state index is 11.5. The molecule has 80 valence electrons. The summed E-state index contributed by atoms with van der Waals surface area (Å²) >= 11 is 0. The number of aliphatic hydroxyl groups is 1. The highest BCUT2D eigenvalue weighted by Crippen LogP contribution is 2.28. The van der Waals surface area contributed by atoms with Gasteiger partial charge in [-0.05, 0) is 19.8 Å². The van der Waals surface area contributed by atoms with Gasteiger partial charge >= 0.3 is 0 Å². The number of amides is 1. The van der Waals surface area contributed by atoms with E-state index in [2.05, 4.69) is 0 Å². The van der Waals surface area contributed by atoms with Gasteiger partial charge in [-0.1, -0.05) is 19.4 Å². The van der Waals surface area contributed by atoms with Gasteiger partial charge in [0, 0.05) is 6.08 Å². The van der Waals surface area contributed by atoms with Crippen LogP contribution in [0.5, 0.6) is 0 Å². The van der Waals surface area contributed by atoms with Gasteiger partial charge in [0.1, 0.15) is 5.60 Å². The smallest absolute Gasteiger partial charge is 0.246 e. The largest absolute Gasteiger partial charge is 0.386 e. The lowest BCUT2D eigenvalue weighted by molar-refractivity contribution is -0.159. The molecule has 0 saturated carbocycles. The molecule has 1 heterocycles. The number of hydrogen-bond acceptors (Lipinski definition) is 2. The Morgan fingerprint density at radius 1 is 1.43 bits per heavy atom. The molecule has 1 fully saturated rings. The van der Waals surface area contributed by atoms with Crippen molar-refractivity contribution in [3.8, 4) is 0 Å². The van der Waals surface area contributed by atoms with E-state index >= 15 is 0 Å². The number of rotatable bonds is 2.